The van der Waals surface area contributed by atoms with Gasteiger partial charge in [-0.25, -0.2) is 9.59 Å². The number of nitrogens with zero attached hydrogens (tertiary/aromatic N) is 2. The fourth-order valence-electron chi connectivity index (χ4n) is 2.64. The zero-order chi connectivity index (χ0) is 15.9. The lowest BCUT2D eigenvalue weighted by molar-refractivity contribution is -0.119. The van der Waals surface area contributed by atoms with E-state index < -0.39 is 0 Å². The van der Waals surface area contributed by atoms with E-state index in [1.807, 2.05) is 0 Å². The van der Waals surface area contributed by atoms with Crippen molar-refractivity contribution in [2.45, 2.75) is 38.5 Å². The molecule has 0 spiro atoms. The van der Waals surface area contributed by atoms with Crippen molar-refractivity contribution in [3.05, 3.63) is 0 Å². The number of rotatable bonds is 9. The van der Waals surface area contributed by atoms with Gasteiger partial charge in [0.25, 0.3) is 0 Å². The molecule has 2 heterocycles. The quantitative estimate of drug-likeness (QED) is 0.476. The molecule has 22 heavy (non-hydrogen) atoms. The zero-order valence-corrected chi connectivity index (χ0v) is 12.6. The molecular formula is C14H22N4O4. The number of carbonyl (C=O) groups excluding carboxylic acids is 4. The summed E-state index contributed by atoms with van der Waals surface area (Å²) in [6.07, 6.45) is 5.94. The minimum Gasteiger partial charge on any atom is -0.315 e. The van der Waals surface area contributed by atoms with Crippen molar-refractivity contribution in [3.8, 4) is 0 Å². The van der Waals surface area contributed by atoms with Gasteiger partial charge in [0.2, 0.25) is 11.8 Å². The first-order valence-electron chi connectivity index (χ1n) is 7.74. The lowest BCUT2D eigenvalue weighted by Crippen LogP contribution is -2.29. The molecule has 0 aliphatic carbocycles. The van der Waals surface area contributed by atoms with Crippen molar-refractivity contribution < 1.29 is 19.2 Å². The Balaban J connectivity index is 1.43. The van der Waals surface area contributed by atoms with Crippen LogP contribution in [0.25, 0.3) is 0 Å². The third-order valence-corrected chi connectivity index (χ3v) is 3.84. The number of hydrogen-bond acceptors (Lipinski definition) is 4. The summed E-state index contributed by atoms with van der Waals surface area (Å²) < 4.78 is 0. The molecule has 8 nitrogen and oxygen atoms in total. The standard InChI is InChI=1S/C14H22N4O4/c19-11-9-17(13(21)15-11)7-5-3-1-2-4-6-8-18-10-12(20)16-14(18)22/h1-10H2,(H,15,19,21)(H,16,20,22). The number of amides is 6. The molecule has 0 saturated carbocycles. The Kier molecular flexibility index (Phi) is 5.74. The molecule has 0 bridgehead atoms. The molecule has 0 atom stereocenters. The maximum Gasteiger partial charge on any atom is 0.324 e. The first kappa shape index (κ1) is 16.3. The summed E-state index contributed by atoms with van der Waals surface area (Å²) >= 11 is 0. The van der Waals surface area contributed by atoms with Crippen LogP contribution in [0.1, 0.15) is 38.5 Å². The van der Waals surface area contributed by atoms with E-state index in [1.54, 1.807) is 0 Å². The zero-order valence-electron chi connectivity index (χ0n) is 12.6. The summed E-state index contributed by atoms with van der Waals surface area (Å²) in [6.45, 7) is 1.59. The van der Waals surface area contributed by atoms with E-state index in [2.05, 4.69) is 10.6 Å². The first-order chi connectivity index (χ1) is 10.6. The Morgan fingerprint density at radius 3 is 1.32 bits per heavy atom. The average Bonchev–Trinajstić information content (AvgIpc) is 2.94. The highest BCUT2D eigenvalue weighted by Crippen LogP contribution is 2.09. The van der Waals surface area contributed by atoms with E-state index in [0.717, 1.165) is 38.5 Å². The smallest absolute Gasteiger partial charge is 0.315 e. The second-order valence-corrected chi connectivity index (χ2v) is 5.67. The molecule has 0 aromatic carbocycles. The SMILES string of the molecule is O=C1CN(CCCCCCCCN2CC(=O)NC2=O)C(=O)N1. The predicted molar refractivity (Wildman–Crippen MR) is 77.9 cm³/mol. The number of nitrogens with one attached hydrogen (secondary N) is 2. The predicted octanol–water partition coefficient (Wildman–Crippen LogP) is 0.431. The third-order valence-electron chi connectivity index (χ3n) is 3.84. The van der Waals surface area contributed by atoms with Gasteiger partial charge in [-0.2, -0.15) is 0 Å². The maximum atomic E-state index is 11.3. The Morgan fingerprint density at radius 2 is 1.00 bits per heavy atom. The van der Waals surface area contributed by atoms with Gasteiger partial charge in [0, 0.05) is 13.1 Å². The van der Waals surface area contributed by atoms with E-state index in [9.17, 15) is 19.2 Å². The Labute approximate surface area is 129 Å². The second kappa shape index (κ2) is 7.77. The summed E-state index contributed by atoms with van der Waals surface area (Å²) in [5.74, 6) is -0.455. The molecule has 2 N–H and O–H groups in total. The van der Waals surface area contributed by atoms with Crippen molar-refractivity contribution >= 4 is 23.9 Å². The summed E-state index contributed by atoms with van der Waals surface area (Å²) in [6, 6.07) is -0.577. The summed E-state index contributed by atoms with van der Waals surface area (Å²) in [7, 11) is 0. The van der Waals surface area contributed by atoms with Crippen molar-refractivity contribution in [2.24, 2.45) is 0 Å². The summed E-state index contributed by atoms with van der Waals surface area (Å²) in [4.78, 5) is 47.7. The minimum atomic E-state index is -0.288. The molecule has 6 amide bonds. The van der Waals surface area contributed by atoms with Crippen LogP contribution in [0.15, 0.2) is 0 Å². The van der Waals surface area contributed by atoms with Crippen LogP contribution in [0.2, 0.25) is 0 Å². The topological polar surface area (TPSA) is 98.8 Å². The molecule has 8 heteroatoms. The molecule has 2 fully saturated rings. The van der Waals surface area contributed by atoms with Gasteiger partial charge in [-0.05, 0) is 12.8 Å². The van der Waals surface area contributed by atoms with Gasteiger partial charge < -0.3 is 9.80 Å². The highest BCUT2D eigenvalue weighted by atomic mass is 16.2. The van der Waals surface area contributed by atoms with Crippen molar-refractivity contribution in [3.63, 3.8) is 0 Å². The highest BCUT2D eigenvalue weighted by Gasteiger charge is 2.26. The number of urea groups is 2. The lowest BCUT2D eigenvalue weighted by Gasteiger charge is -2.13. The van der Waals surface area contributed by atoms with Crippen LogP contribution in [0.4, 0.5) is 9.59 Å². The molecule has 0 aromatic rings. The fourth-order valence-corrected chi connectivity index (χ4v) is 2.64. The first-order valence-corrected chi connectivity index (χ1v) is 7.74. The third kappa shape index (κ3) is 4.71. The van der Waals surface area contributed by atoms with E-state index in [1.165, 1.54) is 9.80 Å². The van der Waals surface area contributed by atoms with Gasteiger partial charge in [-0.3, -0.25) is 20.2 Å². The Bertz CT molecular complexity index is 424. The average molecular weight is 310 g/mol. The summed E-state index contributed by atoms with van der Waals surface area (Å²) in [5.41, 5.74) is 0. The van der Waals surface area contributed by atoms with Crippen molar-refractivity contribution in [1.29, 1.82) is 0 Å². The number of carbonyl (C=O) groups is 4. The van der Waals surface area contributed by atoms with E-state index in [-0.39, 0.29) is 37.0 Å². The molecule has 0 aromatic heterocycles. The van der Waals surface area contributed by atoms with Gasteiger partial charge in [0.15, 0.2) is 0 Å². The largest absolute Gasteiger partial charge is 0.324 e. The van der Waals surface area contributed by atoms with Crippen molar-refractivity contribution in [2.75, 3.05) is 26.2 Å². The van der Waals surface area contributed by atoms with Crippen LogP contribution in [-0.4, -0.2) is 59.9 Å². The number of hydrogen-bond donors (Lipinski definition) is 2. The monoisotopic (exact) mass is 310 g/mol. The molecule has 0 radical (unpaired) electrons. The van der Waals surface area contributed by atoms with Crippen LogP contribution >= 0.6 is 0 Å². The van der Waals surface area contributed by atoms with Crippen LogP contribution in [-0.2, 0) is 9.59 Å². The van der Waals surface area contributed by atoms with Crippen LogP contribution < -0.4 is 10.6 Å². The van der Waals surface area contributed by atoms with E-state index in [4.69, 9.17) is 0 Å². The van der Waals surface area contributed by atoms with Crippen LogP contribution in [0.5, 0.6) is 0 Å². The second-order valence-electron chi connectivity index (χ2n) is 5.67. The van der Waals surface area contributed by atoms with Gasteiger partial charge in [-0.15, -0.1) is 0 Å². The van der Waals surface area contributed by atoms with Crippen LogP contribution in [0, 0.1) is 0 Å². The van der Waals surface area contributed by atoms with E-state index in [0.29, 0.717) is 13.1 Å². The minimum absolute atomic E-state index is 0.176. The van der Waals surface area contributed by atoms with Gasteiger partial charge in [-0.1, -0.05) is 25.7 Å². The number of imide groups is 2. The van der Waals surface area contributed by atoms with Gasteiger partial charge in [0.1, 0.15) is 13.1 Å². The Morgan fingerprint density at radius 1 is 0.636 bits per heavy atom. The summed E-state index contributed by atoms with van der Waals surface area (Å²) in [5, 5.41) is 4.51. The molecule has 2 rings (SSSR count). The molecule has 2 aliphatic rings. The van der Waals surface area contributed by atoms with Crippen LogP contribution in [0.3, 0.4) is 0 Å². The molecular weight excluding hydrogens is 288 g/mol. The van der Waals surface area contributed by atoms with Crippen molar-refractivity contribution in [1.82, 2.24) is 20.4 Å². The lowest BCUT2D eigenvalue weighted by atomic mass is 10.1. The normalized spacial score (nSPS) is 18.2. The van der Waals surface area contributed by atoms with Gasteiger partial charge >= 0.3 is 12.1 Å². The molecule has 122 valence electrons. The highest BCUT2D eigenvalue weighted by molar-refractivity contribution is 6.02. The molecule has 2 saturated heterocycles. The number of unbranched alkanes of at least 4 members (excludes halogenated alkanes) is 5. The molecule has 0 unspecified atom stereocenters. The fraction of sp³-hybridized carbons (Fsp3) is 0.714. The molecule has 2 aliphatic heterocycles. The Hall–Kier alpha value is -2.12. The maximum absolute atomic E-state index is 11.3. The van der Waals surface area contributed by atoms with E-state index >= 15 is 0 Å². The van der Waals surface area contributed by atoms with Gasteiger partial charge in [0.05, 0.1) is 0 Å².